The number of ether oxygens (including phenoxy) is 3. The van der Waals surface area contributed by atoms with E-state index in [-0.39, 0.29) is 36.7 Å². The molecule has 0 spiro atoms. The molecule has 10 atom stereocenters. The van der Waals surface area contributed by atoms with Gasteiger partial charge in [0.15, 0.2) is 18.4 Å². The highest BCUT2D eigenvalue weighted by molar-refractivity contribution is 6.33. The number of rotatable bonds is 11. The zero-order valence-corrected chi connectivity index (χ0v) is 31.2. The molecule has 0 aromatic heterocycles. The van der Waals surface area contributed by atoms with Crippen LogP contribution in [0.4, 0.5) is 5.69 Å². The smallest absolute Gasteiger partial charge is 0.323 e. The largest absolute Gasteiger partial charge is 0.454 e. The molecule has 3 aliphatic heterocycles. The highest BCUT2D eigenvalue weighted by Gasteiger charge is 2.62. The van der Waals surface area contributed by atoms with Gasteiger partial charge in [-0.2, -0.15) is 0 Å². The van der Waals surface area contributed by atoms with E-state index in [9.17, 15) is 19.8 Å². The van der Waals surface area contributed by atoms with Crippen molar-refractivity contribution in [1.29, 1.82) is 0 Å². The Bertz CT molecular complexity index is 1460. The number of hydrogen-bond donors (Lipinski definition) is 4. The standard InChI is InChI=1S/C37H55ClN4O9/c1-22-19-28-26(23(2)21-42-13-11-41(12-14-42)15-17-48-18-16-43)10-9-24(3)37(28,47)33(32(22)49-25(4)44)50-34(45)30-20-36(46)27-7-6-8-29(38)31(27)40(5)51-35(36)39-30/h6-8,19,23-24,26,28,30,32-33,35,39,43,46-47H,9-18,20-21H2,1-5H3/t23?,24-,26+,28-,30+,32-,33+,35-,36-,37-/m1/s1. The number of piperazine rings is 1. The molecule has 3 heterocycles. The Morgan fingerprint density at radius 1 is 1.12 bits per heavy atom. The monoisotopic (exact) mass is 734 g/mol. The van der Waals surface area contributed by atoms with Crippen LogP contribution < -0.4 is 10.4 Å². The van der Waals surface area contributed by atoms with Crippen LogP contribution in [0.5, 0.6) is 0 Å². The van der Waals surface area contributed by atoms with E-state index in [4.69, 9.17) is 35.8 Å². The number of hydroxylamine groups is 1. The molecule has 1 saturated carbocycles. The molecule has 2 aliphatic carbocycles. The van der Waals surface area contributed by atoms with Gasteiger partial charge >= 0.3 is 11.9 Å². The van der Waals surface area contributed by atoms with Gasteiger partial charge in [0.2, 0.25) is 0 Å². The highest BCUT2D eigenvalue weighted by Crippen LogP contribution is 2.53. The first-order valence-electron chi connectivity index (χ1n) is 18.4. The van der Waals surface area contributed by atoms with E-state index < -0.39 is 47.6 Å². The Balaban J connectivity index is 1.19. The van der Waals surface area contributed by atoms with Crippen LogP contribution in [0.3, 0.4) is 0 Å². The summed E-state index contributed by atoms with van der Waals surface area (Å²) in [6.45, 7) is 13.9. The maximum absolute atomic E-state index is 14.1. The first-order chi connectivity index (χ1) is 24.3. The molecule has 1 aromatic rings. The lowest BCUT2D eigenvalue weighted by Gasteiger charge is -2.56. The Hall–Kier alpha value is -2.33. The van der Waals surface area contributed by atoms with Crippen LogP contribution in [0.1, 0.15) is 52.5 Å². The number of para-hydroxylation sites is 1. The molecule has 284 valence electrons. The van der Waals surface area contributed by atoms with Crippen molar-refractivity contribution in [1.82, 2.24) is 15.1 Å². The zero-order valence-electron chi connectivity index (χ0n) is 30.4. The summed E-state index contributed by atoms with van der Waals surface area (Å²) in [5, 5.41) is 38.7. The molecule has 1 unspecified atom stereocenters. The third kappa shape index (κ3) is 7.43. The molecule has 0 radical (unpaired) electrons. The predicted octanol–water partition coefficient (Wildman–Crippen LogP) is 2.06. The van der Waals surface area contributed by atoms with Crippen LogP contribution in [0.25, 0.3) is 0 Å². The second-order valence-corrected chi connectivity index (χ2v) is 15.7. The maximum Gasteiger partial charge on any atom is 0.323 e. The number of aliphatic hydroxyl groups is 3. The molecular weight excluding hydrogens is 680 g/mol. The van der Waals surface area contributed by atoms with Crippen molar-refractivity contribution >= 4 is 29.2 Å². The molecule has 5 aliphatic rings. The minimum absolute atomic E-state index is 0.0332. The third-order valence-corrected chi connectivity index (χ3v) is 12.3. The van der Waals surface area contributed by atoms with Crippen LogP contribution in [0.15, 0.2) is 29.8 Å². The number of anilines is 1. The summed E-state index contributed by atoms with van der Waals surface area (Å²) in [5.74, 6) is -1.46. The Morgan fingerprint density at radius 3 is 2.55 bits per heavy atom. The molecule has 2 saturated heterocycles. The number of nitrogens with one attached hydrogen (secondary N) is 1. The fourth-order valence-corrected chi connectivity index (χ4v) is 9.55. The van der Waals surface area contributed by atoms with Gasteiger partial charge in [0.25, 0.3) is 0 Å². The van der Waals surface area contributed by atoms with E-state index in [0.717, 1.165) is 57.7 Å². The molecule has 14 heteroatoms. The zero-order chi connectivity index (χ0) is 36.7. The first kappa shape index (κ1) is 38.4. The average molecular weight is 735 g/mol. The van der Waals surface area contributed by atoms with Gasteiger partial charge in [-0.3, -0.25) is 29.7 Å². The molecule has 13 nitrogen and oxygen atoms in total. The molecule has 0 bridgehead atoms. The number of benzene rings is 1. The number of halogens is 1. The Labute approximate surface area is 305 Å². The van der Waals surface area contributed by atoms with Crippen LogP contribution in [-0.2, 0) is 34.2 Å². The van der Waals surface area contributed by atoms with Crippen LogP contribution in [0, 0.1) is 23.7 Å². The van der Waals surface area contributed by atoms with Gasteiger partial charge < -0.3 is 34.4 Å². The Morgan fingerprint density at radius 2 is 1.84 bits per heavy atom. The summed E-state index contributed by atoms with van der Waals surface area (Å²) < 4.78 is 17.6. The molecule has 0 amide bonds. The van der Waals surface area contributed by atoms with Crippen molar-refractivity contribution in [3.05, 3.63) is 40.4 Å². The quantitative estimate of drug-likeness (QED) is 0.149. The second kappa shape index (κ2) is 15.6. The lowest BCUT2D eigenvalue weighted by Crippen LogP contribution is -2.66. The van der Waals surface area contributed by atoms with Crippen molar-refractivity contribution in [2.75, 3.05) is 71.2 Å². The topological polar surface area (TPSA) is 154 Å². The summed E-state index contributed by atoms with van der Waals surface area (Å²) >= 11 is 6.47. The van der Waals surface area contributed by atoms with Gasteiger partial charge in [-0.25, -0.2) is 0 Å². The van der Waals surface area contributed by atoms with Gasteiger partial charge in [0, 0.05) is 71.1 Å². The maximum atomic E-state index is 14.1. The van der Waals surface area contributed by atoms with Gasteiger partial charge in [-0.15, -0.1) is 0 Å². The van der Waals surface area contributed by atoms with E-state index in [0.29, 0.717) is 29.5 Å². The molecule has 4 N–H and O–H groups in total. The average Bonchev–Trinajstić information content (AvgIpc) is 3.44. The van der Waals surface area contributed by atoms with Gasteiger partial charge in [0.1, 0.15) is 17.2 Å². The van der Waals surface area contributed by atoms with E-state index in [1.165, 1.54) is 12.0 Å². The van der Waals surface area contributed by atoms with E-state index >= 15 is 0 Å². The number of nitrogens with zero attached hydrogens (tertiary/aromatic N) is 3. The fraction of sp³-hybridized carbons (Fsp3) is 0.730. The normalized spacial score (nSPS) is 36.1. The lowest BCUT2D eigenvalue weighted by atomic mass is 9.55. The minimum Gasteiger partial charge on any atom is -0.454 e. The first-order valence-corrected chi connectivity index (χ1v) is 18.7. The Kier molecular flexibility index (Phi) is 11.7. The van der Waals surface area contributed by atoms with Crippen LogP contribution in [0.2, 0.25) is 5.02 Å². The number of hydrogen-bond acceptors (Lipinski definition) is 13. The second-order valence-electron chi connectivity index (χ2n) is 15.3. The summed E-state index contributed by atoms with van der Waals surface area (Å²) in [6, 6.07) is 4.25. The molecule has 51 heavy (non-hydrogen) atoms. The van der Waals surface area contributed by atoms with Crippen molar-refractivity contribution < 1.29 is 44.0 Å². The molecule has 6 rings (SSSR count). The minimum atomic E-state index is -1.56. The van der Waals surface area contributed by atoms with Crippen molar-refractivity contribution in [3.63, 3.8) is 0 Å². The van der Waals surface area contributed by atoms with Crippen LogP contribution in [-0.4, -0.2) is 133 Å². The van der Waals surface area contributed by atoms with Gasteiger partial charge in [-0.1, -0.05) is 43.7 Å². The van der Waals surface area contributed by atoms with Gasteiger partial charge in [0.05, 0.1) is 30.5 Å². The third-order valence-electron chi connectivity index (χ3n) is 12.0. The number of fused-ring (bicyclic) bond motifs is 4. The summed E-state index contributed by atoms with van der Waals surface area (Å²) in [6.07, 6.45) is 0.567. The van der Waals surface area contributed by atoms with Crippen molar-refractivity contribution in [2.24, 2.45) is 23.7 Å². The summed E-state index contributed by atoms with van der Waals surface area (Å²) in [7, 11) is 1.69. The fourth-order valence-electron chi connectivity index (χ4n) is 9.26. The van der Waals surface area contributed by atoms with Crippen molar-refractivity contribution in [3.8, 4) is 0 Å². The predicted molar refractivity (Wildman–Crippen MR) is 190 cm³/mol. The SMILES string of the molecule is CC(=O)O[C@@H]1C(C)=C[C@@H]2[C@H](C(C)CN3CCN(CCOCCO)CC3)CC[C@@H](C)[C@]2(O)[C@H]1OC(=O)[C@@H]1C[C@@]2(O)c3cccc(Cl)c3N(C)O[C@H]2N1. The molecule has 1 aromatic carbocycles. The van der Waals surface area contributed by atoms with E-state index in [1.54, 1.807) is 25.2 Å². The highest BCUT2D eigenvalue weighted by atomic mass is 35.5. The molecule has 3 fully saturated rings. The number of esters is 2. The number of aliphatic hydroxyl groups excluding tert-OH is 1. The number of carbonyl (C=O) groups is 2. The summed E-state index contributed by atoms with van der Waals surface area (Å²) in [4.78, 5) is 37.4. The van der Waals surface area contributed by atoms with Gasteiger partial charge in [-0.05, 0) is 49.2 Å². The van der Waals surface area contributed by atoms with Crippen molar-refractivity contribution in [2.45, 2.75) is 82.6 Å². The summed E-state index contributed by atoms with van der Waals surface area (Å²) in [5.41, 5.74) is -1.27. The number of carbonyl (C=O) groups excluding carboxylic acids is 2. The van der Waals surface area contributed by atoms with E-state index in [1.807, 2.05) is 13.8 Å². The van der Waals surface area contributed by atoms with E-state index in [2.05, 4.69) is 28.1 Å². The lowest BCUT2D eigenvalue weighted by molar-refractivity contribution is -0.225. The molecular formula is C37H55ClN4O9. The van der Waals surface area contributed by atoms with Crippen LogP contribution >= 0.6 is 11.6 Å².